The van der Waals surface area contributed by atoms with Crippen molar-refractivity contribution in [2.24, 2.45) is 0 Å². The van der Waals surface area contributed by atoms with E-state index in [0.29, 0.717) is 18.7 Å². The van der Waals surface area contributed by atoms with Crippen molar-refractivity contribution in [3.05, 3.63) is 45.3 Å². The lowest BCUT2D eigenvalue weighted by atomic mass is 10.0. The van der Waals surface area contributed by atoms with Gasteiger partial charge in [0.15, 0.2) is 0 Å². The van der Waals surface area contributed by atoms with Crippen LogP contribution in [0.3, 0.4) is 0 Å². The van der Waals surface area contributed by atoms with Crippen LogP contribution in [0.1, 0.15) is 30.0 Å². The summed E-state index contributed by atoms with van der Waals surface area (Å²) in [6, 6.07) is 5.56. The summed E-state index contributed by atoms with van der Waals surface area (Å²) in [5.74, 6) is 0. The van der Waals surface area contributed by atoms with Crippen LogP contribution in [-0.2, 0) is 6.54 Å². The molecule has 1 N–H and O–H groups in total. The topological polar surface area (TPSA) is 53.7 Å². The first kappa shape index (κ1) is 15.7. The fourth-order valence-electron chi connectivity index (χ4n) is 2.58. The maximum atomic E-state index is 11.8. The monoisotopic (exact) mass is 289 g/mol. The highest BCUT2D eigenvalue weighted by atomic mass is 16.4. The van der Waals surface area contributed by atoms with Gasteiger partial charge in [-0.2, -0.15) is 0 Å². The standard InChI is InChI=1S/C17H23NO3/c1-4-5-18(6-7-19)11-14-10-17(20)21-16-9-13(3)12(2)8-15(14)16/h8-10,19H,4-7,11H2,1-3H3. The largest absolute Gasteiger partial charge is 0.423 e. The summed E-state index contributed by atoms with van der Waals surface area (Å²) in [6.45, 7) is 8.46. The molecule has 2 rings (SSSR count). The fraction of sp³-hybridized carbons (Fsp3) is 0.471. The second-order valence-corrected chi connectivity index (χ2v) is 5.52. The van der Waals surface area contributed by atoms with Gasteiger partial charge in [-0.15, -0.1) is 0 Å². The maximum absolute atomic E-state index is 11.8. The van der Waals surface area contributed by atoms with Crippen molar-refractivity contribution in [2.45, 2.75) is 33.7 Å². The van der Waals surface area contributed by atoms with Crippen LogP contribution in [0, 0.1) is 13.8 Å². The van der Waals surface area contributed by atoms with Crippen molar-refractivity contribution in [3.63, 3.8) is 0 Å². The van der Waals surface area contributed by atoms with Crippen LogP contribution in [0.5, 0.6) is 0 Å². The molecular weight excluding hydrogens is 266 g/mol. The van der Waals surface area contributed by atoms with E-state index in [1.54, 1.807) is 6.07 Å². The Hall–Kier alpha value is -1.65. The van der Waals surface area contributed by atoms with Gasteiger partial charge in [-0.3, -0.25) is 4.90 Å². The zero-order valence-corrected chi connectivity index (χ0v) is 13.0. The van der Waals surface area contributed by atoms with Gasteiger partial charge in [0.2, 0.25) is 0 Å². The quantitative estimate of drug-likeness (QED) is 0.831. The van der Waals surface area contributed by atoms with E-state index in [4.69, 9.17) is 9.52 Å². The predicted molar refractivity (Wildman–Crippen MR) is 84.6 cm³/mol. The average molecular weight is 289 g/mol. The van der Waals surface area contributed by atoms with E-state index in [-0.39, 0.29) is 12.2 Å². The van der Waals surface area contributed by atoms with Crippen LogP contribution in [0.4, 0.5) is 0 Å². The Morgan fingerprint density at radius 1 is 1.14 bits per heavy atom. The van der Waals surface area contributed by atoms with Gasteiger partial charge in [-0.1, -0.05) is 6.92 Å². The molecule has 0 aliphatic heterocycles. The van der Waals surface area contributed by atoms with Crippen LogP contribution >= 0.6 is 0 Å². The summed E-state index contributed by atoms with van der Waals surface area (Å²) >= 11 is 0. The molecule has 0 fully saturated rings. The Morgan fingerprint density at radius 2 is 1.86 bits per heavy atom. The van der Waals surface area contributed by atoms with Gasteiger partial charge in [-0.05, 0) is 55.6 Å². The third kappa shape index (κ3) is 3.71. The molecule has 21 heavy (non-hydrogen) atoms. The van der Waals surface area contributed by atoms with E-state index in [9.17, 15) is 4.79 Å². The summed E-state index contributed by atoms with van der Waals surface area (Å²) in [7, 11) is 0. The summed E-state index contributed by atoms with van der Waals surface area (Å²) in [6.07, 6.45) is 1.01. The zero-order valence-electron chi connectivity index (χ0n) is 13.0. The first-order valence-corrected chi connectivity index (χ1v) is 7.42. The fourth-order valence-corrected chi connectivity index (χ4v) is 2.58. The lowest BCUT2D eigenvalue weighted by Gasteiger charge is -2.21. The van der Waals surface area contributed by atoms with E-state index in [0.717, 1.165) is 29.5 Å². The number of rotatable bonds is 6. The number of hydrogen-bond donors (Lipinski definition) is 1. The molecule has 1 heterocycles. The van der Waals surface area contributed by atoms with Crippen LogP contribution in [0.25, 0.3) is 11.0 Å². The number of fused-ring (bicyclic) bond motifs is 1. The van der Waals surface area contributed by atoms with Gasteiger partial charge in [0.25, 0.3) is 0 Å². The molecule has 1 aromatic heterocycles. The number of aryl methyl sites for hydroxylation is 2. The molecule has 0 aliphatic carbocycles. The smallest absolute Gasteiger partial charge is 0.336 e. The highest BCUT2D eigenvalue weighted by Gasteiger charge is 2.11. The first-order valence-electron chi connectivity index (χ1n) is 7.42. The van der Waals surface area contributed by atoms with Gasteiger partial charge >= 0.3 is 5.63 Å². The van der Waals surface area contributed by atoms with Gasteiger partial charge in [0.1, 0.15) is 5.58 Å². The molecule has 0 radical (unpaired) electrons. The highest BCUT2D eigenvalue weighted by Crippen LogP contribution is 2.22. The van der Waals surface area contributed by atoms with E-state index in [1.807, 2.05) is 13.0 Å². The molecule has 4 heteroatoms. The zero-order chi connectivity index (χ0) is 15.4. The molecule has 0 saturated heterocycles. The number of aliphatic hydroxyl groups is 1. The molecule has 0 saturated carbocycles. The van der Waals surface area contributed by atoms with E-state index >= 15 is 0 Å². The molecule has 0 spiro atoms. The molecule has 0 bridgehead atoms. The highest BCUT2D eigenvalue weighted by molar-refractivity contribution is 5.81. The third-order valence-electron chi connectivity index (χ3n) is 3.79. The minimum atomic E-state index is -0.318. The molecule has 0 amide bonds. The van der Waals surface area contributed by atoms with Gasteiger partial charge in [0, 0.05) is 24.5 Å². The van der Waals surface area contributed by atoms with Crippen LogP contribution < -0.4 is 5.63 Å². The Kier molecular flexibility index (Phi) is 5.15. The number of aliphatic hydroxyl groups excluding tert-OH is 1. The van der Waals surface area contributed by atoms with E-state index < -0.39 is 0 Å². The van der Waals surface area contributed by atoms with Crippen molar-refractivity contribution < 1.29 is 9.52 Å². The minimum absolute atomic E-state index is 0.123. The van der Waals surface area contributed by atoms with Crippen molar-refractivity contribution in [2.75, 3.05) is 19.7 Å². The second-order valence-electron chi connectivity index (χ2n) is 5.52. The molecule has 1 aromatic carbocycles. The van der Waals surface area contributed by atoms with Gasteiger partial charge < -0.3 is 9.52 Å². The SMILES string of the molecule is CCCN(CCO)Cc1cc(=O)oc2cc(C)c(C)cc12. The van der Waals surface area contributed by atoms with E-state index in [2.05, 4.69) is 24.8 Å². The Morgan fingerprint density at radius 3 is 2.52 bits per heavy atom. The Labute approximate surface area is 125 Å². The summed E-state index contributed by atoms with van der Waals surface area (Å²) in [5, 5.41) is 10.2. The molecular formula is C17H23NO3. The lowest BCUT2D eigenvalue weighted by Crippen LogP contribution is -2.27. The van der Waals surface area contributed by atoms with Crippen molar-refractivity contribution >= 4 is 11.0 Å². The molecule has 4 nitrogen and oxygen atoms in total. The van der Waals surface area contributed by atoms with Crippen molar-refractivity contribution in [1.29, 1.82) is 0 Å². The average Bonchev–Trinajstić information content (AvgIpc) is 2.41. The Bertz CT molecular complexity index is 670. The molecule has 0 unspecified atom stereocenters. The Balaban J connectivity index is 2.46. The number of benzene rings is 1. The predicted octanol–water partition coefficient (Wildman–Crippen LogP) is 2.61. The number of hydrogen-bond acceptors (Lipinski definition) is 4. The van der Waals surface area contributed by atoms with E-state index in [1.165, 1.54) is 5.56 Å². The summed E-state index contributed by atoms with van der Waals surface area (Å²) < 4.78 is 5.32. The first-order chi connectivity index (χ1) is 10.0. The molecule has 2 aromatic rings. The minimum Gasteiger partial charge on any atom is -0.423 e. The van der Waals surface area contributed by atoms with Gasteiger partial charge in [0.05, 0.1) is 6.61 Å². The third-order valence-corrected chi connectivity index (χ3v) is 3.79. The summed E-state index contributed by atoms with van der Waals surface area (Å²) in [5.41, 5.74) is 3.58. The second kappa shape index (κ2) is 6.87. The number of nitrogens with zero attached hydrogens (tertiary/aromatic N) is 1. The van der Waals surface area contributed by atoms with Gasteiger partial charge in [-0.25, -0.2) is 4.79 Å². The van der Waals surface area contributed by atoms with Crippen LogP contribution in [0.2, 0.25) is 0 Å². The normalized spacial score (nSPS) is 11.5. The maximum Gasteiger partial charge on any atom is 0.336 e. The van der Waals surface area contributed by atoms with Crippen LogP contribution in [0.15, 0.2) is 27.4 Å². The molecule has 114 valence electrons. The van der Waals surface area contributed by atoms with Crippen molar-refractivity contribution in [3.8, 4) is 0 Å². The molecule has 0 atom stereocenters. The molecule has 0 aliphatic rings. The van der Waals surface area contributed by atoms with Crippen LogP contribution in [-0.4, -0.2) is 29.7 Å². The lowest BCUT2D eigenvalue weighted by molar-refractivity contribution is 0.190. The van der Waals surface area contributed by atoms with Crippen molar-refractivity contribution in [1.82, 2.24) is 4.90 Å². The summed E-state index contributed by atoms with van der Waals surface area (Å²) in [4.78, 5) is 13.9.